The average Bonchev–Trinajstić information content (AvgIpc) is 3.16. The predicted octanol–water partition coefficient (Wildman–Crippen LogP) is 3.97. The van der Waals surface area contributed by atoms with Crippen LogP contribution >= 0.6 is 0 Å². The van der Waals surface area contributed by atoms with Gasteiger partial charge in [-0.3, -0.25) is 9.89 Å². The van der Waals surface area contributed by atoms with E-state index < -0.39 is 0 Å². The SMILES string of the molecule is O=C(c1ccccc1)c1cnc2[nH]ncc2c1CCc1ccccc1. The molecule has 2 aromatic heterocycles. The third-order valence-electron chi connectivity index (χ3n) is 4.38. The maximum atomic E-state index is 13.0. The summed E-state index contributed by atoms with van der Waals surface area (Å²) in [5.74, 6) is -0.000684. The van der Waals surface area contributed by atoms with Crippen LogP contribution in [0.25, 0.3) is 11.0 Å². The Kier molecular flexibility index (Phi) is 4.09. The molecule has 0 saturated carbocycles. The molecule has 0 aliphatic heterocycles. The molecule has 0 aliphatic rings. The van der Waals surface area contributed by atoms with Gasteiger partial charge >= 0.3 is 0 Å². The molecule has 0 unspecified atom stereocenters. The van der Waals surface area contributed by atoms with Gasteiger partial charge in [-0.15, -0.1) is 0 Å². The fourth-order valence-electron chi connectivity index (χ4n) is 3.07. The van der Waals surface area contributed by atoms with Crippen molar-refractivity contribution in [2.24, 2.45) is 0 Å². The van der Waals surface area contributed by atoms with Crippen LogP contribution in [0.2, 0.25) is 0 Å². The van der Waals surface area contributed by atoms with Crippen molar-refractivity contribution in [1.82, 2.24) is 15.2 Å². The van der Waals surface area contributed by atoms with Crippen LogP contribution in [0.15, 0.2) is 73.1 Å². The summed E-state index contributed by atoms with van der Waals surface area (Å²) < 4.78 is 0. The molecule has 4 heteroatoms. The van der Waals surface area contributed by atoms with Gasteiger partial charge in [0.2, 0.25) is 0 Å². The van der Waals surface area contributed by atoms with E-state index in [0.29, 0.717) is 16.8 Å². The average molecular weight is 327 g/mol. The van der Waals surface area contributed by atoms with Crippen molar-refractivity contribution in [1.29, 1.82) is 0 Å². The zero-order chi connectivity index (χ0) is 17.1. The Balaban J connectivity index is 1.75. The van der Waals surface area contributed by atoms with Crippen LogP contribution in [0, 0.1) is 0 Å². The number of carbonyl (C=O) groups excluding carboxylic acids is 1. The molecular formula is C21H17N3O. The van der Waals surface area contributed by atoms with E-state index in [1.165, 1.54) is 5.56 Å². The van der Waals surface area contributed by atoms with Crippen molar-refractivity contribution >= 4 is 16.8 Å². The predicted molar refractivity (Wildman–Crippen MR) is 97.6 cm³/mol. The molecule has 2 aromatic carbocycles. The van der Waals surface area contributed by atoms with Gasteiger partial charge in [0, 0.05) is 22.7 Å². The zero-order valence-corrected chi connectivity index (χ0v) is 13.6. The van der Waals surface area contributed by atoms with Crippen molar-refractivity contribution in [3.63, 3.8) is 0 Å². The number of ketones is 1. The fourth-order valence-corrected chi connectivity index (χ4v) is 3.07. The molecule has 0 fully saturated rings. The van der Waals surface area contributed by atoms with Gasteiger partial charge in [0.15, 0.2) is 11.4 Å². The highest BCUT2D eigenvalue weighted by Gasteiger charge is 2.17. The minimum absolute atomic E-state index is 0.000684. The first kappa shape index (κ1) is 15.3. The third kappa shape index (κ3) is 3.06. The van der Waals surface area contributed by atoms with E-state index in [1.54, 1.807) is 12.4 Å². The summed E-state index contributed by atoms with van der Waals surface area (Å²) in [6, 6.07) is 19.6. The number of nitrogens with one attached hydrogen (secondary N) is 1. The van der Waals surface area contributed by atoms with E-state index in [4.69, 9.17) is 0 Å². The van der Waals surface area contributed by atoms with Crippen molar-refractivity contribution in [2.45, 2.75) is 12.8 Å². The number of pyridine rings is 1. The summed E-state index contributed by atoms with van der Waals surface area (Å²) in [4.78, 5) is 17.3. The Bertz CT molecular complexity index is 1010. The molecule has 2 heterocycles. The largest absolute Gasteiger partial charge is 0.289 e. The Labute approximate surface area is 145 Å². The lowest BCUT2D eigenvalue weighted by molar-refractivity contribution is 0.103. The summed E-state index contributed by atoms with van der Waals surface area (Å²) >= 11 is 0. The van der Waals surface area contributed by atoms with Crippen LogP contribution in [0.3, 0.4) is 0 Å². The summed E-state index contributed by atoms with van der Waals surface area (Å²) in [6.07, 6.45) is 5.04. The molecule has 0 bridgehead atoms. The van der Waals surface area contributed by atoms with Gasteiger partial charge in [-0.05, 0) is 24.0 Å². The lowest BCUT2D eigenvalue weighted by atomic mass is 9.94. The van der Waals surface area contributed by atoms with Crippen LogP contribution < -0.4 is 0 Å². The monoisotopic (exact) mass is 327 g/mol. The maximum absolute atomic E-state index is 13.0. The van der Waals surface area contributed by atoms with Gasteiger partial charge in [0.05, 0.1) is 6.20 Å². The van der Waals surface area contributed by atoms with Gasteiger partial charge in [-0.25, -0.2) is 4.98 Å². The first-order chi connectivity index (χ1) is 12.3. The van der Waals surface area contributed by atoms with Gasteiger partial charge < -0.3 is 0 Å². The van der Waals surface area contributed by atoms with Gasteiger partial charge in [-0.1, -0.05) is 60.7 Å². The number of H-pyrrole nitrogens is 1. The maximum Gasteiger partial charge on any atom is 0.194 e. The number of rotatable bonds is 5. The third-order valence-corrected chi connectivity index (χ3v) is 4.38. The van der Waals surface area contributed by atoms with Crippen molar-refractivity contribution in [2.75, 3.05) is 0 Å². The molecule has 0 amide bonds. The number of aromatic amines is 1. The number of nitrogens with zero attached hydrogens (tertiary/aromatic N) is 2. The first-order valence-corrected chi connectivity index (χ1v) is 8.27. The molecule has 4 aromatic rings. The lowest BCUT2D eigenvalue weighted by Gasteiger charge is -2.10. The Morgan fingerprint density at radius 3 is 2.36 bits per heavy atom. The van der Waals surface area contributed by atoms with E-state index in [2.05, 4.69) is 27.3 Å². The summed E-state index contributed by atoms with van der Waals surface area (Å²) in [6.45, 7) is 0. The molecule has 0 saturated heterocycles. The molecule has 122 valence electrons. The first-order valence-electron chi connectivity index (χ1n) is 8.27. The minimum Gasteiger partial charge on any atom is -0.289 e. The number of hydrogen-bond acceptors (Lipinski definition) is 3. The lowest BCUT2D eigenvalue weighted by Crippen LogP contribution is -2.08. The van der Waals surface area contributed by atoms with Crippen LogP contribution in [0.1, 0.15) is 27.0 Å². The van der Waals surface area contributed by atoms with Gasteiger partial charge in [0.1, 0.15) is 0 Å². The molecule has 0 spiro atoms. The minimum atomic E-state index is -0.000684. The number of fused-ring (bicyclic) bond motifs is 1. The highest BCUT2D eigenvalue weighted by Crippen LogP contribution is 2.23. The number of benzene rings is 2. The molecule has 0 aliphatic carbocycles. The molecule has 4 rings (SSSR count). The van der Waals surface area contributed by atoms with Crippen molar-refractivity contribution in [3.8, 4) is 0 Å². The Morgan fingerprint density at radius 2 is 1.60 bits per heavy atom. The normalized spacial score (nSPS) is 10.9. The second-order valence-electron chi connectivity index (χ2n) is 5.96. The fraction of sp³-hybridized carbons (Fsp3) is 0.0952. The molecule has 0 atom stereocenters. The van der Waals surface area contributed by atoms with E-state index in [1.807, 2.05) is 48.5 Å². The van der Waals surface area contributed by atoms with Crippen LogP contribution in [0.5, 0.6) is 0 Å². The smallest absolute Gasteiger partial charge is 0.194 e. The molecular weight excluding hydrogens is 310 g/mol. The topological polar surface area (TPSA) is 58.6 Å². The molecule has 0 radical (unpaired) electrons. The van der Waals surface area contributed by atoms with E-state index in [9.17, 15) is 4.79 Å². The molecule has 25 heavy (non-hydrogen) atoms. The highest BCUT2D eigenvalue weighted by molar-refractivity contribution is 6.11. The summed E-state index contributed by atoms with van der Waals surface area (Å²) in [7, 11) is 0. The quantitative estimate of drug-likeness (QED) is 0.564. The molecule has 4 nitrogen and oxygen atoms in total. The van der Waals surface area contributed by atoms with Gasteiger partial charge in [0.25, 0.3) is 0 Å². The number of aromatic nitrogens is 3. The van der Waals surface area contributed by atoms with E-state index >= 15 is 0 Å². The van der Waals surface area contributed by atoms with E-state index in [-0.39, 0.29) is 5.78 Å². The summed E-state index contributed by atoms with van der Waals surface area (Å²) in [5.41, 5.74) is 4.28. The van der Waals surface area contributed by atoms with Crippen LogP contribution in [-0.4, -0.2) is 21.0 Å². The summed E-state index contributed by atoms with van der Waals surface area (Å²) in [5, 5.41) is 7.90. The van der Waals surface area contributed by atoms with Crippen LogP contribution in [0.4, 0.5) is 0 Å². The molecule has 1 N–H and O–H groups in total. The Hall–Kier alpha value is -3.27. The van der Waals surface area contributed by atoms with Crippen molar-refractivity contribution < 1.29 is 4.79 Å². The van der Waals surface area contributed by atoms with Crippen molar-refractivity contribution in [3.05, 3.63) is 95.3 Å². The van der Waals surface area contributed by atoms with E-state index in [0.717, 1.165) is 23.8 Å². The number of aryl methyl sites for hydroxylation is 2. The second-order valence-corrected chi connectivity index (χ2v) is 5.96. The highest BCUT2D eigenvalue weighted by atomic mass is 16.1. The number of carbonyl (C=O) groups is 1. The second kappa shape index (κ2) is 6.69. The zero-order valence-electron chi connectivity index (χ0n) is 13.6. The standard InChI is InChI=1S/C21H17N3O/c25-20(16-9-5-2-6-10-16)18-13-22-21-19(14-23-24-21)17(18)12-11-15-7-3-1-4-8-15/h1-10,13-14H,11-12H2,(H,22,23,24). The van der Waals surface area contributed by atoms with Crippen LogP contribution in [-0.2, 0) is 12.8 Å². The van der Waals surface area contributed by atoms with Gasteiger partial charge in [-0.2, -0.15) is 5.10 Å². The number of hydrogen-bond donors (Lipinski definition) is 1. The Morgan fingerprint density at radius 1 is 0.880 bits per heavy atom.